The number of nitrogens with zero attached hydrogens (tertiary/aromatic N) is 4. The third-order valence-corrected chi connectivity index (χ3v) is 7.64. The van der Waals surface area contributed by atoms with Crippen molar-refractivity contribution in [3.05, 3.63) is 82.8 Å². The van der Waals surface area contributed by atoms with Crippen molar-refractivity contribution < 1.29 is 0 Å². The summed E-state index contributed by atoms with van der Waals surface area (Å²) in [6.45, 7) is 21.0. The number of aromatic nitrogens is 3. The Labute approximate surface area is 252 Å². The molecule has 0 spiro atoms. The fraction of sp³-hybridized carbons (Fsp3) is 0.485. The van der Waals surface area contributed by atoms with Crippen LogP contribution < -0.4 is 16.0 Å². The van der Waals surface area contributed by atoms with Gasteiger partial charge in [-0.3, -0.25) is 4.98 Å². The molecule has 0 amide bonds. The number of rotatable bonds is 13. The molecule has 0 bridgehead atoms. The molecule has 0 saturated carbocycles. The molecule has 1 aliphatic rings. The van der Waals surface area contributed by atoms with E-state index in [2.05, 4.69) is 83.5 Å². The molecule has 7 nitrogen and oxygen atoms in total. The fourth-order valence-corrected chi connectivity index (χ4v) is 5.22. The lowest BCUT2D eigenvalue weighted by Crippen LogP contribution is -2.43. The Morgan fingerprint density at radius 3 is 2.54 bits per heavy atom. The van der Waals surface area contributed by atoms with E-state index in [1.165, 1.54) is 5.56 Å². The first kappa shape index (κ1) is 32.5. The van der Waals surface area contributed by atoms with Gasteiger partial charge in [0.1, 0.15) is 11.5 Å². The lowest BCUT2D eigenvalue weighted by molar-refractivity contribution is 0.238. The van der Waals surface area contributed by atoms with Crippen LogP contribution in [0.3, 0.4) is 0 Å². The molecule has 222 valence electrons. The van der Waals surface area contributed by atoms with Gasteiger partial charge in [0.15, 0.2) is 5.82 Å². The maximum Gasteiger partial charge on any atom is 0.180 e. The molecule has 2 atom stereocenters. The Balaban J connectivity index is 0.00000226. The van der Waals surface area contributed by atoms with Crippen LogP contribution in [0.4, 0.5) is 5.82 Å². The molecule has 0 radical (unpaired) electrons. The Bertz CT molecular complexity index is 1210. The standard InChI is InChI=1S/C31H42ClN7.C2H6/c1-5-22(2)29-24(4)37-30(27-20-26(32)13-14-34-27)38-31(29)35-21-28(25-11-7-6-8-12-25)36-23(3)10-9-17-39-18-15-33-16-19-39;1-2/h6-8,11-14,20,22,28,33,36H,3,5,9-10,15-19,21H2,1-2,4H3,(H,35,37,38);1-2H3. The van der Waals surface area contributed by atoms with Gasteiger partial charge >= 0.3 is 0 Å². The molecular formula is C33H48ClN7. The fourth-order valence-electron chi connectivity index (χ4n) is 5.06. The molecule has 2 aromatic heterocycles. The van der Waals surface area contributed by atoms with Crippen molar-refractivity contribution in [2.75, 3.05) is 44.6 Å². The molecular weight excluding hydrogens is 530 g/mol. The normalized spacial score (nSPS) is 14.9. The van der Waals surface area contributed by atoms with Crippen molar-refractivity contribution in [1.82, 2.24) is 30.5 Å². The van der Waals surface area contributed by atoms with E-state index in [1.807, 2.05) is 19.9 Å². The lowest BCUT2D eigenvalue weighted by Gasteiger charge is -2.28. The molecule has 41 heavy (non-hydrogen) atoms. The van der Waals surface area contributed by atoms with E-state index in [4.69, 9.17) is 21.6 Å². The summed E-state index contributed by atoms with van der Waals surface area (Å²) in [6, 6.07) is 14.2. The topological polar surface area (TPSA) is 78.0 Å². The monoisotopic (exact) mass is 577 g/mol. The summed E-state index contributed by atoms with van der Waals surface area (Å²) >= 11 is 6.24. The third-order valence-electron chi connectivity index (χ3n) is 7.41. The molecule has 4 rings (SSSR count). The van der Waals surface area contributed by atoms with Gasteiger partial charge in [0.25, 0.3) is 0 Å². The Hall–Kier alpha value is -3.00. The summed E-state index contributed by atoms with van der Waals surface area (Å²) in [5.74, 6) is 1.74. The number of aryl methyl sites for hydroxylation is 1. The SMILES string of the molecule is C=C(CCCN1CCNCC1)NC(CNc1nc(-c2cc(Cl)ccn2)nc(C)c1C(C)CC)c1ccccc1.CC. The largest absolute Gasteiger partial charge is 0.380 e. The van der Waals surface area contributed by atoms with Crippen molar-refractivity contribution in [3.63, 3.8) is 0 Å². The van der Waals surface area contributed by atoms with Crippen LogP contribution in [0, 0.1) is 6.92 Å². The zero-order chi connectivity index (χ0) is 29.6. The van der Waals surface area contributed by atoms with Gasteiger partial charge in [0.05, 0.1) is 6.04 Å². The molecule has 0 aliphatic carbocycles. The number of allylic oxidation sites excluding steroid dienone is 1. The van der Waals surface area contributed by atoms with Crippen molar-refractivity contribution in [2.24, 2.45) is 0 Å². The predicted octanol–water partition coefficient (Wildman–Crippen LogP) is 6.98. The Kier molecular flexibility index (Phi) is 13.5. The van der Waals surface area contributed by atoms with Gasteiger partial charge in [-0.1, -0.05) is 76.2 Å². The molecule has 1 saturated heterocycles. The highest BCUT2D eigenvalue weighted by Crippen LogP contribution is 2.31. The van der Waals surface area contributed by atoms with Crippen LogP contribution in [0.1, 0.15) is 75.7 Å². The van der Waals surface area contributed by atoms with Crippen LogP contribution in [-0.4, -0.2) is 59.1 Å². The lowest BCUT2D eigenvalue weighted by atomic mass is 9.97. The van der Waals surface area contributed by atoms with E-state index in [9.17, 15) is 0 Å². The van der Waals surface area contributed by atoms with E-state index in [-0.39, 0.29) is 6.04 Å². The minimum Gasteiger partial charge on any atom is -0.380 e. The van der Waals surface area contributed by atoms with Crippen LogP contribution >= 0.6 is 11.6 Å². The van der Waals surface area contributed by atoms with Gasteiger partial charge in [0.2, 0.25) is 0 Å². The molecule has 8 heteroatoms. The van der Waals surface area contributed by atoms with Gasteiger partial charge in [-0.2, -0.15) is 0 Å². The number of piperazine rings is 1. The van der Waals surface area contributed by atoms with Crippen molar-refractivity contribution in [2.45, 2.75) is 65.8 Å². The zero-order valence-electron chi connectivity index (χ0n) is 25.5. The Morgan fingerprint density at radius 2 is 1.85 bits per heavy atom. The van der Waals surface area contributed by atoms with Gasteiger partial charge in [-0.05, 0) is 56.3 Å². The number of pyridine rings is 1. The number of hydrogen-bond donors (Lipinski definition) is 3. The van der Waals surface area contributed by atoms with E-state index in [1.54, 1.807) is 12.3 Å². The van der Waals surface area contributed by atoms with Gasteiger partial charge in [-0.15, -0.1) is 0 Å². The first-order chi connectivity index (χ1) is 19.9. The smallest absolute Gasteiger partial charge is 0.180 e. The Morgan fingerprint density at radius 1 is 1.12 bits per heavy atom. The maximum absolute atomic E-state index is 6.24. The first-order valence-corrected chi connectivity index (χ1v) is 15.5. The number of halogens is 1. The summed E-state index contributed by atoms with van der Waals surface area (Å²) in [4.78, 5) is 16.8. The van der Waals surface area contributed by atoms with Gasteiger partial charge in [0, 0.05) is 60.9 Å². The number of anilines is 1. The zero-order valence-corrected chi connectivity index (χ0v) is 26.3. The molecule has 3 N–H and O–H groups in total. The second-order valence-electron chi connectivity index (χ2n) is 10.4. The highest BCUT2D eigenvalue weighted by Gasteiger charge is 2.20. The third kappa shape index (κ3) is 9.80. The van der Waals surface area contributed by atoms with Crippen LogP contribution in [0.2, 0.25) is 5.02 Å². The highest BCUT2D eigenvalue weighted by atomic mass is 35.5. The van der Waals surface area contributed by atoms with Crippen LogP contribution in [0.25, 0.3) is 11.5 Å². The molecule has 1 fully saturated rings. The second kappa shape index (κ2) is 17.1. The number of hydrogen-bond acceptors (Lipinski definition) is 7. The summed E-state index contributed by atoms with van der Waals surface area (Å²) in [6.07, 6.45) is 4.73. The minimum atomic E-state index is 0.0469. The van der Waals surface area contributed by atoms with Gasteiger partial charge < -0.3 is 20.9 Å². The maximum atomic E-state index is 6.24. The number of benzene rings is 1. The molecule has 3 heterocycles. The predicted molar refractivity (Wildman–Crippen MR) is 174 cm³/mol. The van der Waals surface area contributed by atoms with Crippen LogP contribution in [-0.2, 0) is 0 Å². The van der Waals surface area contributed by atoms with E-state index in [0.717, 1.165) is 74.8 Å². The average Bonchev–Trinajstić information content (AvgIpc) is 3.00. The number of nitrogens with one attached hydrogen (secondary N) is 3. The van der Waals surface area contributed by atoms with Crippen molar-refractivity contribution in [3.8, 4) is 11.5 Å². The van der Waals surface area contributed by atoms with Gasteiger partial charge in [-0.25, -0.2) is 9.97 Å². The van der Waals surface area contributed by atoms with Crippen molar-refractivity contribution >= 4 is 17.4 Å². The molecule has 2 unspecified atom stereocenters. The minimum absolute atomic E-state index is 0.0469. The van der Waals surface area contributed by atoms with E-state index < -0.39 is 0 Å². The van der Waals surface area contributed by atoms with E-state index in [0.29, 0.717) is 29.0 Å². The summed E-state index contributed by atoms with van der Waals surface area (Å²) < 4.78 is 0. The molecule has 1 aliphatic heterocycles. The molecule has 3 aromatic rings. The molecule has 1 aromatic carbocycles. The first-order valence-electron chi connectivity index (χ1n) is 15.1. The second-order valence-corrected chi connectivity index (χ2v) is 10.8. The average molecular weight is 578 g/mol. The summed E-state index contributed by atoms with van der Waals surface area (Å²) in [7, 11) is 0. The van der Waals surface area contributed by atoms with Crippen LogP contribution in [0.5, 0.6) is 0 Å². The quantitative estimate of drug-likeness (QED) is 0.202. The summed E-state index contributed by atoms with van der Waals surface area (Å²) in [5, 5.41) is 11.4. The highest BCUT2D eigenvalue weighted by molar-refractivity contribution is 6.30. The van der Waals surface area contributed by atoms with Crippen molar-refractivity contribution in [1.29, 1.82) is 0 Å². The van der Waals surface area contributed by atoms with E-state index >= 15 is 0 Å². The summed E-state index contributed by atoms with van der Waals surface area (Å²) in [5.41, 5.74) is 5.04. The van der Waals surface area contributed by atoms with Crippen LogP contribution in [0.15, 0.2) is 60.9 Å².